The Morgan fingerprint density at radius 1 is 0.933 bits per heavy atom. The molecule has 3 aromatic rings. The van der Waals surface area contributed by atoms with Crippen LogP contribution in [0.1, 0.15) is 56.6 Å². The second-order valence-electron chi connectivity index (χ2n) is 8.13. The summed E-state index contributed by atoms with van der Waals surface area (Å²) in [5.74, 6) is 1.02. The molecule has 9 heteroatoms. The minimum Gasteiger partial charge on any atom is -0.365 e. The van der Waals surface area contributed by atoms with Crippen LogP contribution in [0.25, 0.3) is 11.2 Å². The summed E-state index contributed by atoms with van der Waals surface area (Å²) in [6.07, 6.45) is 5.51. The van der Waals surface area contributed by atoms with E-state index in [1.165, 1.54) is 31.4 Å². The highest BCUT2D eigenvalue weighted by atomic mass is 19.4. The minimum absolute atomic E-state index is 0.350. The molecule has 2 saturated carbocycles. The number of benzene rings is 1. The number of aromatic nitrogens is 4. The van der Waals surface area contributed by atoms with Crippen LogP contribution in [0.15, 0.2) is 30.6 Å². The molecule has 2 aliphatic rings. The Hall–Kier alpha value is -2.84. The maximum absolute atomic E-state index is 12.8. The molecular weight excluding hydrogens is 393 g/mol. The van der Waals surface area contributed by atoms with E-state index >= 15 is 0 Å². The van der Waals surface area contributed by atoms with Crippen molar-refractivity contribution in [1.29, 1.82) is 0 Å². The van der Waals surface area contributed by atoms with Gasteiger partial charge < -0.3 is 15.2 Å². The Labute approximate surface area is 171 Å². The molecule has 0 radical (unpaired) electrons. The van der Waals surface area contributed by atoms with Gasteiger partial charge in [-0.3, -0.25) is 0 Å². The molecule has 0 amide bonds. The molecule has 0 unspecified atom stereocenters. The lowest BCUT2D eigenvalue weighted by Gasteiger charge is -2.23. The van der Waals surface area contributed by atoms with Gasteiger partial charge >= 0.3 is 6.18 Å². The van der Waals surface area contributed by atoms with E-state index in [4.69, 9.17) is 0 Å². The quantitative estimate of drug-likeness (QED) is 0.561. The zero-order valence-corrected chi connectivity index (χ0v) is 16.4. The van der Waals surface area contributed by atoms with E-state index in [1.54, 1.807) is 0 Å². The lowest BCUT2D eigenvalue weighted by Crippen LogP contribution is -2.13. The zero-order chi connectivity index (χ0) is 20.7. The molecule has 6 nitrogen and oxygen atoms in total. The average Bonchev–Trinajstić information content (AvgIpc) is 3.44. The van der Waals surface area contributed by atoms with Crippen molar-refractivity contribution in [3.63, 3.8) is 0 Å². The van der Waals surface area contributed by atoms with Crippen molar-refractivity contribution in [1.82, 2.24) is 19.5 Å². The summed E-state index contributed by atoms with van der Waals surface area (Å²) >= 11 is 0. The molecule has 0 aliphatic heterocycles. The minimum atomic E-state index is -4.36. The maximum atomic E-state index is 12.8. The molecule has 0 atom stereocenters. The van der Waals surface area contributed by atoms with Crippen LogP contribution in [0.5, 0.6) is 0 Å². The van der Waals surface area contributed by atoms with E-state index in [1.807, 2.05) is 6.33 Å². The van der Waals surface area contributed by atoms with Gasteiger partial charge in [0.05, 0.1) is 11.9 Å². The summed E-state index contributed by atoms with van der Waals surface area (Å²) in [6.45, 7) is 0. The van der Waals surface area contributed by atoms with Crippen molar-refractivity contribution in [2.75, 3.05) is 10.6 Å². The standard InChI is InChI=1S/C21H23F3N6/c22-21(23,24)13-6-8-15(9-7-13)27-20-28-18(26-14-10-11-14)17-19(29-20)30(12-25-17)16-4-2-1-3-5-16/h6-9,12,14,16H,1-5,10-11H2,(H2,26,27,28,29). The lowest BCUT2D eigenvalue weighted by atomic mass is 9.95. The van der Waals surface area contributed by atoms with Gasteiger partial charge in [0.2, 0.25) is 5.95 Å². The molecule has 5 rings (SSSR count). The smallest absolute Gasteiger partial charge is 0.365 e. The van der Waals surface area contributed by atoms with Gasteiger partial charge in [0.1, 0.15) is 0 Å². The Morgan fingerprint density at radius 3 is 2.33 bits per heavy atom. The van der Waals surface area contributed by atoms with Gasteiger partial charge in [0.25, 0.3) is 0 Å². The van der Waals surface area contributed by atoms with Gasteiger partial charge in [-0.1, -0.05) is 19.3 Å². The van der Waals surface area contributed by atoms with Crippen LogP contribution in [0.4, 0.5) is 30.6 Å². The number of fused-ring (bicyclic) bond motifs is 1. The van der Waals surface area contributed by atoms with Crippen LogP contribution < -0.4 is 10.6 Å². The van der Waals surface area contributed by atoms with Crippen LogP contribution >= 0.6 is 0 Å². The van der Waals surface area contributed by atoms with Crippen LogP contribution in [0, 0.1) is 0 Å². The van der Waals surface area contributed by atoms with E-state index in [0.717, 1.165) is 49.0 Å². The van der Waals surface area contributed by atoms with Crippen LogP contribution in [0.3, 0.4) is 0 Å². The summed E-state index contributed by atoms with van der Waals surface area (Å²) in [5, 5.41) is 6.47. The average molecular weight is 416 g/mol. The highest BCUT2D eigenvalue weighted by molar-refractivity contribution is 5.85. The molecule has 0 bridgehead atoms. The number of hydrogen-bond donors (Lipinski definition) is 2. The van der Waals surface area contributed by atoms with Gasteiger partial charge in [-0.2, -0.15) is 23.1 Å². The van der Waals surface area contributed by atoms with Gasteiger partial charge in [-0.25, -0.2) is 4.98 Å². The summed E-state index contributed by atoms with van der Waals surface area (Å²) in [5.41, 5.74) is 1.32. The predicted molar refractivity (Wildman–Crippen MR) is 109 cm³/mol. The number of alkyl halides is 3. The third-order valence-electron chi connectivity index (χ3n) is 5.78. The Morgan fingerprint density at radius 2 is 1.67 bits per heavy atom. The van der Waals surface area contributed by atoms with E-state index in [9.17, 15) is 13.2 Å². The number of anilines is 3. The first kappa shape index (κ1) is 19.1. The summed E-state index contributed by atoms with van der Waals surface area (Å²) in [7, 11) is 0. The van der Waals surface area contributed by atoms with Crippen molar-refractivity contribution in [3.05, 3.63) is 36.2 Å². The van der Waals surface area contributed by atoms with Gasteiger partial charge in [0, 0.05) is 17.8 Å². The first-order chi connectivity index (χ1) is 14.5. The molecule has 0 spiro atoms. The van der Waals surface area contributed by atoms with Gasteiger partial charge in [0.15, 0.2) is 17.0 Å². The fraction of sp³-hybridized carbons (Fsp3) is 0.476. The van der Waals surface area contributed by atoms with Crippen molar-refractivity contribution < 1.29 is 13.2 Å². The van der Waals surface area contributed by atoms with Crippen LogP contribution in [-0.2, 0) is 6.18 Å². The first-order valence-electron chi connectivity index (χ1n) is 10.4. The lowest BCUT2D eigenvalue weighted by molar-refractivity contribution is -0.137. The number of halogens is 3. The highest BCUT2D eigenvalue weighted by Gasteiger charge is 2.30. The van der Waals surface area contributed by atoms with E-state index < -0.39 is 11.7 Å². The van der Waals surface area contributed by atoms with Crippen molar-refractivity contribution >= 4 is 28.6 Å². The fourth-order valence-corrected chi connectivity index (χ4v) is 3.99. The van der Waals surface area contributed by atoms with Gasteiger partial charge in [-0.05, 0) is 49.9 Å². The maximum Gasteiger partial charge on any atom is 0.416 e. The molecule has 2 fully saturated rings. The largest absolute Gasteiger partial charge is 0.416 e. The normalized spacial score (nSPS) is 18.0. The molecule has 2 aromatic heterocycles. The van der Waals surface area contributed by atoms with E-state index in [-0.39, 0.29) is 0 Å². The molecule has 158 valence electrons. The van der Waals surface area contributed by atoms with E-state index in [2.05, 4.69) is 30.2 Å². The third-order valence-corrected chi connectivity index (χ3v) is 5.78. The molecule has 1 aromatic carbocycles. The predicted octanol–water partition coefficient (Wildman–Crippen LogP) is 5.67. The third kappa shape index (κ3) is 3.93. The Bertz CT molecular complexity index is 1030. The Balaban J connectivity index is 1.49. The highest BCUT2D eigenvalue weighted by Crippen LogP contribution is 2.34. The first-order valence-corrected chi connectivity index (χ1v) is 10.4. The molecule has 2 N–H and O–H groups in total. The van der Waals surface area contributed by atoms with Gasteiger partial charge in [-0.15, -0.1) is 0 Å². The SMILES string of the molecule is FC(F)(F)c1ccc(Nc2nc(NC3CC3)c3ncn(C4CCCCC4)c3n2)cc1. The van der Waals surface area contributed by atoms with E-state index in [0.29, 0.717) is 29.5 Å². The number of rotatable bonds is 5. The topological polar surface area (TPSA) is 67.7 Å². The van der Waals surface area contributed by atoms with Crippen LogP contribution in [0.2, 0.25) is 0 Å². The van der Waals surface area contributed by atoms with Crippen molar-refractivity contribution in [2.45, 2.75) is 63.2 Å². The zero-order valence-electron chi connectivity index (χ0n) is 16.4. The number of hydrogen-bond acceptors (Lipinski definition) is 5. The second-order valence-corrected chi connectivity index (χ2v) is 8.13. The molecule has 30 heavy (non-hydrogen) atoms. The number of nitrogens with one attached hydrogen (secondary N) is 2. The van der Waals surface area contributed by atoms with Crippen molar-refractivity contribution in [3.8, 4) is 0 Å². The number of imidazole rings is 1. The summed E-state index contributed by atoms with van der Waals surface area (Å²) in [4.78, 5) is 13.8. The summed E-state index contributed by atoms with van der Waals surface area (Å²) in [6, 6.07) is 5.65. The molecule has 2 heterocycles. The molecule has 0 saturated heterocycles. The number of nitrogens with zero attached hydrogens (tertiary/aromatic N) is 4. The van der Waals surface area contributed by atoms with Crippen LogP contribution in [-0.4, -0.2) is 25.6 Å². The monoisotopic (exact) mass is 416 g/mol. The summed E-state index contributed by atoms with van der Waals surface area (Å²) < 4.78 is 40.6. The second kappa shape index (κ2) is 7.45. The molecule has 2 aliphatic carbocycles. The Kier molecular flexibility index (Phi) is 4.75. The van der Waals surface area contributed by atoms with Crippen molar-refractivity contribution in [2.24, 2.45) is 0 Å². The molecular formula is C21H23F3N6. The fourth-order valence-electron chi connectivity index (χ4n) is 3.99.